The van der Waals surface area contributed by atoms with E-state index in [4.69, 9.17) is 14.2 Å². The lowest BCUT2D eigenvalue weighted by Gasteiger charge is -2.15. The van der Waals surface area contributed by atoms with Gasteiger partial charge in [-0.25, -0.2) is 0 Å². The van der Waals surface area contributed by atoms with Gasteiger partial charge < -0.3 is 19.3 Å². The third-order valence-electron chi connectivity index (χ3n) is 2.74. The summed E-state index contributed by atoms with van der Waals surface area (Å²) >= 11 is 0. The first kappa shape index (κ1) is 14.6. The third kappa shape index (κ3) is 4.76. The second-order valence-electron chi connectivity index (χ2n) is 4.06. The molecule has 0 aromatic carbocycles. The molecule has 1 N–H and O–H groups in total. The molecule has 0 aromatic heterocycles. The minimum Gasteiger partial charge on any atom is -0.390 e. The fraction of sp³-hybridized carbons (Fsp3) is 0.846. The first-order valence-corrected chi connectivity index (χ1v) is 6.42. The fourth-order valence-electron chi connectivity index (χ4n) is 1.83. The minimum absolute atomic E-state index is 0.115. The maximum Gasteiger partial charge on any atom is 0.186 e. The Morgan fingerprint density at radius 3 is 2.41 bits per heavy atom. The van der Waals surface area contributed by atoms with Crippen LogP contribution in [-0.4, -0.2) is 42.9 Å². The van der Waals surface area contributed by atoms with Gasteiger partial charge >= 0.3 is 0 Å². The van der Waals surface area contributed by atoms with Gasteiger partial charge in [0, 0.05) is 13.2 Å². The average molecular weight is 244 g/mol. The predicted molar refractivity (Wildman–Crippen MR) is 65.8 cm³/mol. The van der Waals surface area contributed by atoms with Crippen molar-refractivity contribution >= 4 is 0 Å². The van der Waals surface area contributed by atoms with Crippen molar-refractivity contribution < 1.29 is 19.3 Å². The third-order valence-corrected chi connectivity index (χ3v) is 2.74. The summed E-state index contributed by atoms with van der Waals surface area (Å²) in [4.78, 5) is 0. The standard InChI is InChI=1S/C13H24O4/c1-4-7-8-9-10(14)11-12(17-11)13(15-5-2)16-6-3/h4,7,10-14H,5-6,8-9H2,1-3H3/b7-4-/t10-,11-,12-/m1/s1. The van der Waals surface area contributed by atoms with Gasteiger partial charge in [-0.3, -0.25) is 0 Å². The molecular formula is C13H24O4. The molecule has 4 nitrogen and oxygen atoms in total. The molecule has 0 radical (unpaired) electrons. The van der Waals surface area contributed by atoms with Gasteiger partial charge in [-0.1, -0.05) is 12.2 Å². The van der Waals surface area contributed by atoms with Crippen molar-refractivity contribution in [3.05, 3.63) is 12.2 Å². The van der Waals surface area contributed by atoms with E-state index in [0.717, 1.165) is 12.8 Å². The van der Waals surface area contributed by atoms with Crippen LogP contribution in [0.5, 0.6) is 0 Å². The molecule has 0 bridgehead atoms. The van der Waals surface area contributed by atoms with E-state index in [1.165, 1.54) is 0 Å². The highest BCUT2D eigenvalue weighted by molar-refractivity contribution is 4.94. The van der Waals surface area contributed by atoms with Crippen molar-refractivity contribution in [3.63, 3.8) is 0 Å². The van der Waals surface area contributed by atoms with E-state index >= 15 is 0 Å². The summed E-state index contributed by atoms with van der Waals surface area (Å²) in [5.74, 6) is 0. The van der Waals surface area contributed by atoms with Crippen molar-refractivity contribution in [1.82, 2.24) is 0 Å². The van der Waals surface area contributed by atoms with Crippen molar-refractivity contribution in [3.8, 4) is 0 Å². The number of rotatable bonds is 9. The fourth-order valence-corrected chi connectivity index (χ4v) is 1.83. The molecule has 0 aromatic rings. The lowest BCUT2D eigenvalue weighted by Crippen LogP contribution is -2.28. The Kier molecular flexibility index (Phi) is 6.73. The molecular weight excluding hydrogens is 220 g/mol. The van der Waals surface area contributed by atoms with Gasteiger partial charge in [0.1, 0.15) is 12.2 Å². The second-order valence-corrected chi connectivity index (χ2v) is 4.06. The van der Waals surface area contributed by atoms with E-state index in [9.17, 15) is 5.11 Å². The number of hydrogen-bond donors (Lipinski definition) is 1. The van der Waals surface area contributed by atoms with Crippen LogP contribution in [-0.2, 0) is 14.2 Å². The molecule has 100 valence electrons. The molecule has 1 heterocycles. The average Bonchev–Trinajstić information content (AvgIpc) is 3.09. The Morgan fingerprint density at radius 2 is 1.88 bits per heavy atom. The topological polar surface area (TPSA) is 51.2 Å². The lowest BCUT2D eigenvalue weighted by molar-refractivity contribution is -0.147. The number of ether oxygens (including phenoxy) is 3. The van der Waals surface area contributed by atoms with Crippen LogP contribution in [0.4, 0.5) is 0 Å². The highest BCUT2D eigenvalue weighted by Crippen LogP contribution is 2.32. The monoisotopic (exact) mass is 244 g/mol. The summed E-state index contributed by atoms with van der Waals surface area (Å²) in [6.45, 7) is 7.00. The van der Waals surface area contributed by atoms with Gasteiger partial charge in [-0.05, 0) is 33.6 Å². The van der Waals surface area contributed by atoms with E-state index in [0.29, 0.717) is 13.2 Å². The summed E-state index contributed by atoms with van der Waals surface area (Å²) in [7, 11) is 0. The molecule has 1 saturated heterocycles. The highest BCUT2D eigenvalue weighted by Gasteiger charge is 2.50. The summed E-state index contributed by atoms with van der Waals surface area (Å²) in [6, 6.07) is 0. The Hall–Kier alpha value is -0.420. The number of aliphatic hydroxyl groups excluding tert-OH is 1. The molecule has 1 aliphatic rings. The van der Waals surface area contributed by atoms with Crippen molar-refractivity contribution in [2.75, 3.05) is 13.2 Å². The number of allylic oxidation sites excluding steroid dienone is 2. The van der Waals surface area contributed by atoms with Crippen molar-refractivity contribution in [1.29, 1.82) is 0 Å². The number of epoxide rings is 1. The van der Waals surface area contributed by atoms with Crippen LogP contribution in [0.25, 0.3) is 0 Å². The lowest BCUT2D eigenvalue weighted by atomic mass is 10.1. The summed E-state index contributed by atoms with van der Waals surface area (Å²) in [5, 5.41) is 9.90. The summed E-state index contributed by atoms with van der Waals surface area (Å²) in [5.41, 5.74) is 0. The molecule has 0 spiro atoms. The highest BCUT2D eigenvalue weighted by atomic mass is 16.7. The predicted octanol–water partition coefficient (Wildman–Crippen LogP) is 1.87. The van der Waals surface area contributed by atoms with Gasteiger partial charge in [0.2, 0.25) is 0 Å². The molecule has 17 heavy (non-hydrogen) atoms. The zero-order chi connectivity index (χ0) is 12.7. The number of aliphatic hydroxyl groups is 1. The van der Waals surface area contributed by atoms with Crippen LogP contribution in [0.15, 0.2) is 12.2 Å². The molecule has 3 atom stereocenters. The van der Waals surface area contributed by atoms with Crippen LogP contribution in [0, 0.1) is 0 Å². The first-order valence-electron chi connectivity index (χ1n) is 6.42. The molecule has 0 amide bonds. The van der Waals surface area contributed by atoms with E-state index in [1.54, 1.807) is 0 Å². The van der Waals surface area contributed by atoms with E-state index in [2.05, 4.69) is 0 Å². The zero-order valence-corrected chi connectivity index (χ0v) is 11.0. The van der Waals surface area contributed by atoms with Gasteiger partial charge in [0.05, 0.1) is 6.10 Å². The van der Waals surface area contributed by atoms with Crippen molar-refractivity contribution in [2.45, 2.75) is 58.2 Å². The van der Waals surface area contributed by atoms with Gasteiger partial charge in [-0.2, -0.15) is 0 Å². The Morgan fingerprint density at radius 1 is 1.24 bits per heavy atom. The summed E-state index contributed by atoms with van der Waals surface area (Å²) < 4.78 is 16.3. The van der Waals surface area contributed by atoms with E-state index < -0.39 is 6.10 Å². The van der Waals surface area contributed by atoms with Gasteiger partial charge in [0.15, 0.2) is 6.29 Å². The Balaban J connectivity index is 2.29. The maximum absolute atomic E-state index is 9.90. The maximum atomic E-state index is 9.90. The largest absolute Gasteiger partial charge is 0.390 e. The molecule has 0 saturated carbocycles. The normalized spacial score (nSPS) is 25.7. The van der Waals surface area contributed by atoms with E-state index in [-0.39, 0.29) is 18.5 Å². The molecule has 0 aliphatic carbocycles. The van der Waals surface area contributed by atoms with Crippen LogP contribution < -0.4 is 0 Å². The SMILES string of the molecule is C/C=C\CC[C@@H](O)[C@H]1O[C@H]1C(OCC)OCC. The van der Waals surface area contributed by atoms with Crippen LogP contribution in [0.2, 0.25) is 0 Å². The summed E-state index contributed by atoms with van der Waals surface area (Å²) in [6.07, 6.45) is 4.60. The molecule has 1 aliphatic heterocycles. The number of hydrogen-bond acceptors (Lipinski definition) is 4. The van der Waals surface area contributed by atoms with Crippen molar-refractivity contribution in [2.24, 2.45) is 0 Å². The molecule has 1 rings (SSSR count). The first-order chi connectivity index (χ1) is 8.24. The molecule has 1 fully saturated rings. The quantitative estimate of drug-likeness (QED) is 0.382. The van der Waals surface area contributed by atoms with Crippen LogP contribution >= 0.6 is 0 Å². The van der Waals surface area contributed by atoms with Crippen LogP contribution in [0.3, 0.4) is 0 Å². The van der Waals surface area contributed by atoms with Crippen LogP contribution in [0.1, 0.15) is 33.6 Å². The molecule has 4 heteroatoms. The Labute approximate surface area is 104 Å². The Bertz CT molecular complexity index is 223. The van der Waals surface area contributed by atoms with Gasteiger partial charge in [0.25, 0.3) is 0 Å². The second kappa shape index (κ2) is 7.82. The minimum atomic E-state index is -0.431. The van der Waals surface area contributed by atoms with Gasteiger partial charge in [-0.15, -0.1) is 0 Å². The zero-order valence-electron chi connectivity index (χ0n) is 11.0. The molecule has 0 unspecified atom stereocenters. The van der Waals surface area contributed by atoms with E-state index in [1.807, 2.05) is 32.9 Å². The smallest absolute Gasteiger partial charge is 0.186 e.